The fourth-order valence-electron chi connectivity index (χ4n) is 1.98. The maximum Gasteiger partial charge on any atom is 0.160 e. The lowest BCUT2D eigenvalue weighted by atomic mass is 9.96. The second-order valence-corrected chi connectivity index (χ2v) is 5.54. The van der Waals surface area contributed by atoms with E-state index in [4.69, 9.17) is 4.74 Å². The first-order valence-electron chi connectivity index (χ1n) is 7.44. The van der Waals surface area contributed by atoms with E-state index >= 15 is 0 Å². The molecule has 4 nitrogen and oxygen atoms in total. The quantitative estimate of drug-likeness (QED) is 0.768. The van der Waals surface area contributed by atoms with Crippen molar-refractivity contribution in [1.82, 2.24) is 15.3 Å². The molecule has 1 aliphatic carbocycles. The summed E-state index contributed by atoms with van der Waals surface area (Å²) in [7, 11) is 0. The first-order chi connectivity index (χ1) is 9.20. The Bertz CT molecular complexity index is 402. The van der Waals surface area contributed by atoms with Crippen LogP contribution in [-0.4, -0.2) is 22.6 Å². The molecule has 4 heteroatoms. The molecular formula is C15H25N3O. The molecule has 19 heavy (non-hydrogen) atoms. The van der Waals surface area contributed by atoms with E-state index in [2.05, 4.69) is 36.1 Å². The zero-order valence-corrected chi connectivity index (χ0v) is 12.3. The van der Waals surface area contributed by atoms with Crippen molar-refractivity contribution >= 4 is 0 Å². The third kappa shape index (κ3) is 3.90. The minimum Gasteiger partial charge on any atom is -0.487 e. The van der Waals surface area contributed by atoms with Gasteiger partial charge in [-0.25, -0.2) is 9.97 Å². The molecule has 0 bridgehead atoms. The molecule has 1 saturated carbocycles. The van der Waals surface area contributed by atoms with Crippen LogP contribution in [0.25, 0.3) is 0 Å². The molecule has 0 spiro atoms. The fourth-order valence-corrected chi connectivity index (χ4v) is 1.98. The van der Waals surface area contributed by atoms with Crippen molar-refractivity contribution < 1.29 is 4.74 Å². The first kappa shape index (κ1) is 14.3. The largest absolute Gasteiger partial charge is 0.487 e. The van der Waals surface area contributed by atoms with E-state index in [1.54, 1.807) is 0 Å². The minimum absolute atomic E-state index is 0.350. The predicted octanol–water partition coefficient (Wildman–Crippen LogP) is 3.03. The van der Waals surface area contributed by atoms with Crippen LogP contribution in [0.3, 0.4) is 0 Å². The van der Waals surface area contributed by atoms with Crippen LogP contribution in [0.5, 0.6) is 5.75 Å². The molecule has 0 atom stereocenters. The molecule has 2 rings (SSSR count). The highest BCUT2D eigenvalue weighted by Gasteiger charge is 2.21. The Morgan fingerprint density at radius 1 is 1.42 bits per heavy atom. The van der Waals surface area contributed by atoms with Crippen molar-refractivity contribution in [3.05, 3.63) is 17.7 Å². The molecule has 0 amide bonds. The van der Waals surface area contributed by atoms with Gasteiger partial charge in [-0.3, -0.25) is 0 Å². The highest BCUT2D eigenvalue weighted by molar-refractivity contribution is 5.26. The molecule has 0 unspecified atom stereocenters. The number of ether oxygens (including phenoxy) is 1. The average Bonchev–Trinajstić information content (AvgIpc) is 2.35. The maximum atomic E-state index is 5.98. The smallest absolute Gasteiger partial charge is 0.160 e. The molecule has 1 aromatic rings. The summed E-state index contributed by atoms with van der Waals surface area (Å²) in [5.74, 6) is 2.11. The Labute approximate surface area is 116 Å². The van der Waals surface area contributed by atoms with Crippen LogP contribution in [-0.2, 0) is 6.54 Å². The summed E-state index contributed by atoms with van der Waals surface area (Å²) in [6, 6.07) is 0. The fraction of sp³-hybridized carbons (Fsp3) is 0.733. The van der Waals surface area contributed by atoms with Crippen LogP contribution in [0.1, 0.15) is 63.9 Å². The van der Waals surface area contributed by atoms with Gasteiger partial charge in [-0.15, -0.1) is 0 Å². The summed E-state index contributed by atoms with van der Waals surface area (Å²) in [6.07, 6.45) is 6.95. The molecular weight excluding hydrogens is 238 g/mol. The second-order valence-electron chi connectivity index (χ2n) is 5.54. The highest BCUT2D eigenvalue weighted by Crippen LogP contribution is 2.27. The first-order valence-corrected chi connectivity index (χ1v) is 7.44. The van der Waals surface area contributed by atoms with Gasteiger partial charge in [0.1, 0.15) is 5.82 Å². The number of hydrogen-bond acceptors (Lipinski definition) is 4. The van der Waals surface area contributed by atoms with Gasteiger partial charge in [-0.2, -0.15) is 0 Å². The number of rotatable bonds is 7. The van der Waals surface area contributed by atoms with Gasteiger partial charge in [0.05, 0.1) is 18.0 Å². The van der Waals surface area contributed by atoms with Crippen molar-refractivity contribution in [3.8, 4) is 5.75 Å². The number of hydrogen-bond donors (Lipinski definition) is 1. The molecule has 1 fully saturated rings. The summed E-state index contributed by atoms with van der Waals surface area (Å²) in [5, 5.41) is 3.40. The van der Waals surface area contributed by atoms with Crippen LogP contribution in [0.2, 0.25) is 0 Å². The van der Waals surface area contributed by atoms with Crippen LogP contribution in [0, 0.1) is 0 Å². The van der Waals surface area contributed by atoms with E-state index in [0.717, 1.165) is 49.6 Å². The lowest BCUT2D eigenvalue weighted by Gasteiger charge is -2.27. The van der Waals surface area contributed by atoms with Crippen molar-refractivity contribution in [1.29, 1.82) is 0 Å². The van der Waals surface area contributed by atoms with Gasteiger partial charge in [0.2, 0.25) is 0 Å². The Morgan fingerprint density at radius 2 is 2.21 bits per heavy atom. The number of nitrogens with zero attached hydrogens (tertiary/aromatic N) is 2. The van der Waals surface area contributed by atoms with Gasteiger partial charge < -0.3 is 10.1 Å². The molecule has 1 aromatic heterocycles. The lowest BCUT2D eigenvalue weighted by molar-refractivity contribution is 0.117. The number of nitrogens with one attached hydrogen (secondary N) is 1. The summed E-state index contributed by atoms with van der Waals surface area (Å²) in [5.41, 5.74) is 0.999. The summed E-state index contributed by atoms with van der Waals surface area (Å²) >= 11 is 0. The van der Waals surface area contributed by atoms with Crippen molar-refractivity contribution in [2.45, 2.75) is 65.0 Å². The molecule has 0 radical (unpaired) electrons. The van der Waals surface area contributed by atoms with Crippen molar-refractivity contribution in [2.24, 2.45) is 0 Å². The zero-order chi connectivity index (χ0) is 13.7. The molecule has 1 N–H and O–H groups in total. The molecule has 0 aliphatic heterocycles. The standard InChI is InChI=1S/C15H25N3O/c1-4-8-16-9-13-14(19-12-6-5-7-12)10-17-15(18-13)11(2)3/h10-12,16H,4-9H2,1-3H3. The molecule has 0 aromatic carbocycles. The van der Waals surface area contributed by atoms with Gasteiger partial charge in [0, 0.05) is 12.5 Å². The second kappa shape index (κ2) is 6.85. The van der Waals surface area contributed by atoms with Gasteiger partial charge in [-0.1, -0.05) is 20.8 Å². The highest BCUT2D eigenvalue weighted by atomic mass is 16.5. The van der Waals surface area contributed by atoms with E-state index in [0.29, 0.717) is 12.0 Å². The summed E-state index contributed by atoms with van der Waals surface area (Å²) in [6.45, 7) is 8.16. The van der Waals surface area contributed by atoms with E-state index < -0.39 is 0 Å². The van der Waals surface area contributed by atoms with Gasteiger partial charge in [0.25, 0.3) is 0 Å². The Morgan fingerprint density at radius 3 is 2.79 bits per heavy atom. The Kier molecular flexibility index (Phi) is 5.14. The molecule has 0 saturated heterocycles. The predicted molar refractivity (Wildman–Crippen MR) is 76.4 cm³/mol. The van der Waals surface area contributed by atoms with E-state index in [9.17, 15) is 0 Å². The molecule has 1 aliphatic rings. The minimum atomic E-state index is 0.350. The topological polar surface area (TPSA) is 47.0 Å². The van der Waals surface area contributed by atoms with Crippen LogP contribution < -0.4 is 10.1 Å². The SMILES string of the molecule is CCCNCc1nc(C(C)C)ncc1OC1CCC1. The van der Waals surface area contributed by atoms with Crippen LogP contribution in [0.15, 0.2) is 6.20 Å². The van der Waals surface area contributed by atoms with E-state index in [1.165, 1.54) is 6.42 Å². The number of aromatic nitrogens is 2. The molecule has 106 valence electrons. The van der Waals surface area contributed by atoms with Crippen molar-refractivity contribution in [3.63, 3.8) is 0 Å². The third-order valence-electron chi connectivity index (χ3n) is 3.43. The maximum absolute atomic E-state index is 5.98. The average molecular weight is 263 g/mol. The van der Waals surface area contributed by atoms with Gasteiger partial charge in [-0.05, 0) is 32.2 Å². The van der Waals surface area contributed by atoms with Crippen molar-refractivity contribution in [2.75, 3.05) is 6.54 Å². The van der Waals surface area contributed by atoms with Gasteiger partial charge >= 0.3 is 0 Å². The Balaban J connectivity index is 2.09. The summed E-state index contributed by atoms with van der Waals surface area (Å²) in [4.78, 5) is 9.07. The summed E-state index contributed by atoms with van der Waals surface area (Å²) < 4.78 is 5.98. The molecule has 1 heterocycles. The van der Waals surface area contributed by atoms with Crippen LogP contribution in [0.4, 0.5) is 0 Å². The lowest BCUT2D eigenvalue weighted by Crippen LogP contribution is -2.26. The normalized spacial score (nSPS) is 15.6. The van der Waals surface area contributed by atoms with Crippen LogP contribution >= 0.6 is 0 Å². The van der Waals surface area contributed by atoms with E-state index in [-0.39, 0.29) is 0 Å². The monoisotopic (exact) mass is 263 g/mol. The zero-order valence-electron chi connectivity index (χ0n) is 12.3. The van der Waals surface area contributed by atoms with E-state index in [1.807, 2.05) is 6.20 Å². The Hall–Kier alpha value is -1.16. The van der Waals surface area contributed by atoms with Gasteiger partial charge in [0.15, 0.2) is 5.75 Å². The third-order valence-corrected chi connectivity index (χ3v) is 3.43.